The van der Waals surface area contributed by atoms with Crippen LogP contribution in [-0.4, -0.2) is 21.9 Å². The molecule has 3 rings (SSSR count). The van der Waals surface area contributed by atoms with Crippen LogP contribution < -0.4 is 10.4 Å². The lowest BCUT2D eigenvalue weighted by atomic mass is 9.88. The van der Waals surface area contributed by atoms with E-state index in [1.54, 1.807) is 32.0 Å². The normalized spacial score (nSPS) is 24.8. The summed E-state index contributed by atoms with van der Waals surface area (Å²) in [6.45, 7) is 3.38. The van der Waals surface area contributed by atoms with Gasteiger partial charge in [0.15, 0.2) is 0 Å². The third-order valence-corrected chi connectivity index (χ3v) is 3.47. The summed E-state index contributed by atoms with van der Waals surface area (Å²) in [4.78, 5) is 11.3. The standard InChI is InChI=1S/C14H14O5/c1-14(2)13(17)11(16)10-8(19-14)5-3-7-4-6-9(15)18-12(7)10/h3-6,11,13,16-17H,1-2H3/t11-,13-/m0/s1. The molecule has 2 heterocycles. The van der Waals surface area contributed by atoms with Gasteiger partial charge in [-0.1, -0.05) is 0 Å². The molecule has 1 aliphatic heterocycles. The van der Waals surface area contributed by atoms with E-state index in [1.807, 2.05) is 0 Å². The maximum absolute atomic E-state index is 11.3. The fraction of sp³-hybridized carbons (Fsp3) is 0.357. The van der Waals surface area contributed by atoms with Crippen LogP contribution in [0, 0.1) is 0 Å². The molecule has 19 heavy (non-hydrogen) atoms. The van der Waals surface area contributed by atoms with E-state index in [1.165, 1.54) is 6.07 Å². The van der Waals surface area contributed by atoms with Crippen molar-refractivity contribution in [1.82, 2.24) is 0 Å². The first-order valence-corrected chi connectivity index (χ1v) is 6.02. The van der Waals surface area contributed by atoms with E-state index in [-0.39, 0.29) is 5.58 Å². The van der Waals surface area contributed by atoms with Gasteiger partial charge in [-0.05, 0) is 32.0 Å². The van der Waals surface area contributed by atoms with Crippen LogP contribution in [0.5, 0.6) is 5.75 Å². The summed E-state index contributed by atoms with van der Waals surface area (Å²) < 4.78 is 10.8. The number of hydrogen-bond donors (Lipinski definition) is 2. The molecule has 0 radical (unpaired) electrons. The van der Waals surface area contributed by atoms with Crippen molar-refractivity contribution in [2.75, 3.05) is 0 Å². The maximum atomic E-state index is 11.3. The lowest BCUT2D eigenvalue weighted by molar-refractivity contribution is -0.111. The predicted octanol–water partition coefficient (Wildman–Crippen LogP) is 1.36. The van der Waals surface area contributed by atoms with Gasteiger partial charge in [0.25, 0.3) is 0 Å². The zero-order chi connectivity index (χ0) is 13.8. The molecule has 1 aromatic heterocycles. The first-order chi connectivity index (χ1) is 8.90. The maximum Gasteiger partial charge on any atom is 0.336 e. The molecule has 1 aliphatic rings. The Morgan fingerprint density at radius 1 is 1.16 bits per heavy atom. The second kappa shape index (κ2) is 3.82. The highest BCUT2D eigenvalue weighted by Crippen LogP contribution is 2.42. The van der Waals surface area contributed by atoms with E-state index < -0.39 is 23.4 Å². The Bertz CT molecular complexity index is 701. The van der Waals surface area contributed by atoms with Crippen LogP contribution in [-0.2, 0) is 0 Å². The average molecular weight is 262 g/mol. The van der Waals surface area contributed by atoms with E-state index in [2.05, 4.69) is 0 Å². The second-order valence-corrected chi connectivity index (χ2v) is 5.25. The van der Waals surface area contributed by atoms with Gasteiger partial charge in [-0.15, -0.1) is 0 Å². The predicted molar refractivity (Wildman–Crippen MR) is 68.2 cm³/mol. The molecule has 0 saturated heterocycles. The van der Waals surface area contributed by atoms with Crippen molar-refractivity contribution < 1.29 is 19.4 Å². The summed E-state index contributed by atoms with van der Waals surface area (Å²) in [5.41, 5.74) is -0.837. The van der Waals surface area contributed by atoms with Crippen LogP contribution in [0.15, 0.2) is 33.5 Å². The SMILES string of the molecule is CC1(C)Oc2ccc3ccc(=O)oc3c2[C@H](O)[C@@H]1O. The molecule has 5 heteroatoms. The summed E-state index contributed by atoms with van der Waals surface area (Å²) in [6.07, 6.45) is -2.26. The van der Waals surface area contributed by atoms with E-state index in [4.69, 9.17) is 9.15 Å². The summed E-state index contributed by atoms with van der Waals surface area (Å²) in [7, 11) is 0. The summed E-state index contributed by atoms with van der Waals surface area (Å²) >= 11 is 0. The van der Waals surface area contributed by atoms with Crippen molar-refractivity contribution in [3.05, 3.63) is 40.2 Å². The van der Waals surface area contributed by atoms with Gasteiger partial charge in [-0.25, -0.2) is 4.79 Å². The van der Waals surface area contributed by atoms with Crippen molar-refractivity contribution in [1.29, 1.82) is 0 Å². The van der Waals surface area contributed by atoms with Gasteiger partial charge >= 0.3 is 5.63 Å². The Balaban J connectivity index is 2.33. The number of rotatable bonds is 0. The van der Waals surface area contributed by atoms with E-state index in [0.717, 1.165) is 0 Å². The Hall–Kier alpha value is -1.85. The van der Waals surface area contributed by atoms with Gasteiger partial charge in [-0.3, -0.25) is 0 Å². The minimum Gasteiger partial charge on any atom is -0.485 e. The zero-order valence-electron chi connectivity index (χ0n) is 10.6. The fourth-order valence-corrected chi connectivity index (χ4v) is 2.39. The number of benzene rings is 1. The van der Waals surface area contributed by atoms with Gasteiger partial charge in [-0.2, -0.15) is 0 Å². The number of aliphatic hydroxyl groups excluding tert-OH is 2. The van der Waals surface area contributed by atoms with Crippen LogP contribution in [0.1, 0.15) is 25.5 Å². The Kier molecular flexibility index (Phi) is 2.45. The first-order valence-electron chi connectivity index (χ1n) is 6.02. The number of fused-ring (bicyclic) bond motifs is 3. The summed E-state index contributed by atoms with van der Waals surface area (Å²) in [5.74, 6) is 0.421. The highest BCUT2D eigenvalue weighted by molar-refractivity contribution is 5.82. The fourth-order valence-electron chi connectivity index (χ4n) is 2.39. The molecule has 5 nitrogen and oxygen atoms in total. The zero-order valence-corrected chi connectivity index (χ0v) is 10.6. The minimum absolute atomic E-state index is 0.257. The van der Waals surface area contributed by atoms with Crippen molar-refractivity contribution in [3.8, 4) is 5.75 Å². The van der Waals surface area contributed by atoms with Gasteiger partial charge < -0.3 is 19.4 Å². The Morgan fingerprint density at radius 3 is 2.58 bits per heavy atom. The molecule has 0 unspecified atom stereocenters. The summed E-state index contributed by atoms with van der Waals surface area (Å²) in [5, 5.41) is 21.0. The molecule has 100 valence electrons. The van der Waals surface area contributed by atoms with Crippen molar-refractivity contribution in [2.24, 2.45) is 0 Å². The molecular weight excluding hydrogens is 248 g/mol. The summed E-state index contributed by atoms with van der Waals surface area (Å²) in [6, 6.07) is 6.37. The van der Waals surface area contributed by atoms with Crippen molar-refractivity contribution >= 4 is 11.0 Å². The molecule has 0 saturated carbocycles. The van der Waals surface area contributed by atoms with Crippen LogP contribution in [0.4, 0.5) is 0 Å². The molecule has 2 aromatic rings. The topological polar surface area (TPSA) is 79.9 Å². The second-order valence-electron chi connectivity index (χ2n) is 5.25. The highest BCUT2D eigenvalue weighted by Gasteiger charge is 2.43. The van der Waals surface area contributed by atoms with Crippen LogP contribution in [0.2, 0.25) is 0 Å². The average Bonchev–Trinajstić information content (AvgIpc) is 2.35. The molecule has 2 N–H and O–H groups in total. The van der Waals surface area contributed by atoms with E-state index in [0.29, 0.717) is 16.7 Å². The molecule has 1 aromatic carbocycles. The third-order valence-electron chi connectivity index (χ3n) is 3.47. The number of aliphatic hydroxyl groups is 2. The van der Waals surface area contributed by atoms with Crippen molar-refractivity contribution in [3.63, 3.8) is 0 Å². The molecular formula is C14H14O5. The molecule has 0 spiro atoms. The number of ether oxygens (including phenoxy) is 1. The monoisotopic (exact) mass is 262 g/mol. The lowest BCUT2D eigenvalue weighted by Crippen LogP contribution is -2.48. The van der Waals surface area contributed by atoms with Gasteiger partial charge in [0, 0.05) is 11.5 Å². The van der Waals surface area contributed by atoms with Gasteiger partial charge in [0.2, 0.25) is 0 Å². The Morgan fingerprint density at radius 2 is 1.84 bits per heavy atom. The molecule has 0 amide bonds. The van der Waals surface area contributed by atoms with Crippen LogP contribution >= 0.6 is 0 Å². The third kappa shape index (κ3) is 1.74. The molecule has 0 fully saturated rings. The van der Waals surface area contributed by atoms with Crippen molar-refractivity contribution in [2.45, 2.75) is 31.7 Å². The van der Waals surface area contributed by atoms with E-state index in [9.17, 15) is 15.0 Å². The molecule has 2 atom stereocenters. The highest BCUT2D eigenvalue weighted by atomic mass is 16.5. The quantitative estimate of drug-likeness (QED) is 0.701. The Labute approximate surface area is 109 Å². The van der Waals surface area contributed by atoms with Gasteiger partial charge in [0.05, 0.1) is 5.56 Å². The molecule has 0 aliphatic carbocycles. The van der Waals surface area contributed by atoms with Crippen LogP contribution in [0.3, 0.4) is 0 Å². The minimum atomic E-state index is -1.16. The molecule has 0 bridgehead atoms. The van der Waals surface area contributed by atoms with E-state index >= 15 is 0 Å². The van der Waals surface area contributed by atoms with Crippen LogP contribution in [0.25, 0.3) is 11.0 Å². The first kappa shape index (κ1) is 12.2. The largest absolute Gasteiger partial charge is 0.485 e. The smallest absolute Gasteiger partial charge is 0.336 e. The lowest BCUT2D eigenvalue weighted by Gasteiger charge is -2.39. The number of hydrogen-bond acceptors (Lipinski definition) is 5. The van der Waals surface area contributed by atoms with Gasteiger partial charge in [0.1, 0.15) is 29.1 Å².